The highest BCUT2D eigenvalue weighted by atomic mass is 15.2. The molecule has 0 aliphatic carbocycles. The minimum atomic E-state index is -0.682. The summed E-state index contributed by atoms with van der Waals surface area (Å²) in [7, 11) is 2.15. The van der Waals surface area contributed by atoms with Gasteiger partial charge in [0.2, 0.25) is 0 Å². The number of nitrogens with two attached hydrogens (primary N) is 1. The smallest absolute Gasteiger partial charge is 0.102 e. The van der Waals surface area contributed by atoms with E-state index in [1.807, 2.05) is 0 Å². The van der Waals surface area contributed by atoms with Gasteiger partial charge in [-0.2, -0.15) is 5.26 Å². The standard InChI is InChI=1S/C13H26N4/c1-4-17-8-5-12(6-9-17)16(3)10-7-13(2,15)11-14/h12H,4-10,15H2,1-3H3. The first-order valence-corrected chi connectivity index (χ1v) is 6.61. The van der Waals surface area contributed by atoms with Crippen LogP contribution in [0.4, 0.5) is 0 Å². The van der Waals surface area contributed by atoms with E-state index in [-0.39, 0.29) is 0 Å². The van der Waals surface area contributed by atoms with Gasteiger partial charge in [0, 0.05) is 12.6 Å². The second-order valence-electron chi connectivity index (χ2n) is 5.43. The molecule has 0 spiro atoms. The summed E-state index contributed by atoms with van der Waals surface area (Å²) in [6.07, 6.45) is 3.21. The third-order valence-corrected chi connectivity index (χ3v) is 3.87. The molecule has 1 unspecified atom stereocenters. The summed E-state index contributed by atoms with van der Waals surface area (Å²) < 4.78 is 0. The van der Waals surface area contributed by atoms with Crippen molar-refractivity contribution in [3.05, 3.63) is 0 Å². The maximum Gasteiger partial charge on any atom is 0.102 e. The van der Waals surface area contributed by atoms with E-state index >= 15 is 0 Å². The van der Waals surface area contributed by atoms with Gasteiger partial charge in [-0.15, -0.1) is 0 Å². The molecule has 2 N–H and O–H groups in total. The Bertz CT molecular complexity index is 261. The van der Waals surface area contributed by atoms with Gasteiger partial charge in [0.05, 0.1) is 6.07 Å². The average Bonchev–Trinajstić information content (AvgIpc) is 2.36. The van der Waals surface area contributed by atoms with Crippen LogP contribution in [0.1, 0.15) is 33.1 Å². The van der Waals surface area contributed by atoms with E-state index in [9.17, 15) is 0 Å². The van der Waals surface area contributed by atoms with Crippen LogP contribution in [-0.4, -0.2) is 54.6 Å². The highest BCUT2D eigenvalue weighted by Gasteiger charge is 2.24. The van der Waals surface area contributed by atoms with Crippen LogP contribution in [0.15, 0.2) is 0 Å². The maximum atomic E-state index is 8.88. The zero-order chi connectivity index (χ0) is 12.9. The van der Waals surface area contributed by atoms with E-state index < -0.39 is 5.54 Å². The lowest BCUT2D eigenvalue weighted by molar-refractivity contribution is 0.127. The summed E-state index contributed by atoms with van der Waals surface area (Å²) in [6.45, 7) is 8.49. The molecule has 1 saturated heterocycles. The van der Waals surface area contributed by atoms with Crippen LogP contribution in [0.25, 0.3) is 0 Å². The number of nitriles is 1. The number of hydrogen-bond acceptors (Lipinski definition) is 4. The Morgan fingerprint density at radius 3 is 2.53 bits per heavy atom. The molecular formula is C13H26N4. The highest BCUT2D eigenvalue weighted by Crippen LogP contribution is 2.16. The van der Waals surface area contributed by atoms with Crippen molar-refractivity contribution >= 4 is 0 Å². The molecule has 1 aliphatic heterocycles. The van der Waals surface area contributed by atoms with E-state index in [1.54, 1.807) is 6.92 Å². The Kier molecular flexibility index (Phi) is 5.38. The first kappa shape index (κ1) is 14.4. The van der Waals surface area contributed by atoms with Gasteiger partial charge in [0.15, 0.2) is 0 Å². The average molecular weight is 238 g/mol. The molecule has 4 heteroatoms. The van der Waals surface area contributed by atoms with Gasteiger partial charge in [-0.3, -0.25) is 0 Å². The Hall–Kier alpha value is -0.630. The molecule has 1 fully saturated rings. The summed E-state index contributed by atoms with van der Waals surface area (Å²) in [5, 5.41) is 8.88. The van der Waals surface area contributed by atoms with Crippen molar-refractivity contribution in [3.8, 4) is 6.07 Å². The van der Waals surface area contributed by atoms with Crippen LogP contribution in [0.2, 0.25) is 0 Å². The molecule has 1 rings (SSSR count). The lowest BCUT2D eigenvalue weighted by atomic mass is 9.99. The molecule has 4 nitrogen and oxygen atoms in total. The molecule has 17 heavy (non-hydrogen) atoms. The monoisotopic (exact) mass is 238 g/mol. The predicted octanol–water partition coefficient (Wildman–Crippen LogP) is 1.03. The summed E-state index contributed by atoms with van der Waals surface area (Å²) in [5.41, 5.74) is 5.16. The van der Waals surface area contributed by atoms with Gasteiger partial charge >= 0.3 is 0 Å². The zero-order valence-corrected chi connectivity index (χ0v) is 11.4. The van der Waals surface area contributed by atoms with Crippen molar-refractivity contribution in [2.75, 3.05) is 33.2 Å². The van der Waals surface area contributed by atoms with Crippen LogP contribution in [0.5, 0.6) is 0 Å². The largest absolute Gasteiger partial charge is 0.314 e. The van der Waals surface area contributed by atoms with Gasteiger partial charge in [-0.05, 0) is 52.9 Å². The predicted molar refractivity (Wildman–Crippen MR) is 70.6 cm³/mol. The van der Waals surface area contributed by atoms with Crippen LogP contribution < -0.4 is 5.73 Å². The molecule has 0 aromatic carbocycles. The Labute approximate surface area is 105 Å². The summed E-state index contributed by atoms with van der Waals surface area (Å²) in [6, 6.07) is 2.82. The molecule has 1 atom stereocenters. The number of likely N-dealkylation sites (tertiary alicyclic amines) is 1. The Morgan fingerprint density at radius 2 is 2.06 bits per heavy atom. The summed E-state index contributed by atoms with van der Waals surface area (Å²) in [5.74, 6) is 0. The van der Waals surface area contributed by atoms with E-state index in [2.05, 4.69) is 29.8 Å². The van der Waals surface area contributed by atoms with Crippen molar-refractivity contribution in [2.24, 2.45) is 5.73 Å². The quantitative estimate of drug-likeness (QED) is 0.777. The summed E-state index contributed by atoms with van der Waals surface area (Å²) in [4.78, 5) is 4.86. The first-order valence-electron chi connectivity index (χ1n) is 6.61. The molecule has 0 saturated carbocycles. The SMILES string of the molecule is CCN1CCC(N(C)CCC(C)(N)C#N)CC1. The molecule has 0 amide bonds. The first-order chi connectivity index (χ1) is 7.98. The lowest BCUT2D eigenvalue weighted by Crippen LogP contribution is -2.45. The minimum Gasteiger partial charge on any atom is -0.314 e. The maximum absolute atomic E-state index is 8.88. The fraction of sp³-hybridized carbons (Fsp3) is 0.923. The fourth-order valence-corrected chi connectivity index (χ4v) is 2.32. The van der Waals surface area contributed by atoms with Gasteiger partial charge in [0.25, 0.3) is 0 Å². The van der Waals surface area contributed by atoms with E-state index in [4.69, 9.17) is 11.0 Å². The molecule has 1 aliphatic rings. The van der Waals surface area contributed by atoms with Gasteiger partial charge in [-0.25, -0.2) is 0 Å². The molecule has 0 radical (unpaired) electrons. The van der Waals surface area contributed by atoms with Crippen molar-refractivity contribution in [1.29, 1.82) is 5.26 Å². The van der Waals surface area contributed by atoms with Gasteiger partial charge < -0.3 is 15.5 Å². The molecule has 98 valence electrons. The normalized spacial score (nSPS) is 22.4. The van der Waals surface area contributed by atoms with Gasteiger partial charge in [-0.1, -0.05) is 6.92 Å². The number of rotatable bonds is 5. The van der Waals surface area contributed by atoms with Crippen LogP contribution in [0.3, 0.4) is 0 Å². The van der Waals surface area contributed by atoms with Crippen LogP contribution >= 0.6 is 0 Å². The second kappa shape index (κ2) is 6.34. The Morgan fingerprint density at radius 1 is 1.47 bits per heavy atom. The number of hydrogen-bond donors (Lipinski definition) is 1. The van der Waals surface area contributed by atoms with Crippen molar-refractivity contribution in [2.45, 2.75) is 44.7 Å². The minimum absolute atomic E-state index is 0.660. The molecule has 1 heterocycles. The van der Waals surface area contributed by atoms with E-state index in [0.29, 0.717) is 6.04 Å². The van der Waals surface area contributed by atoms with E-state index in [0.717, 1.165) is 19.5 Å². The van der Waals surface area contributed by atoms with Gasteiger partial charge in [0.1, 0.15) is 5.54 Å². The molecule has 0 aromatic heterocycles. The molecule has 0 aromatic rings. The topological polar surface area (TPSA) is 56.3 Å². The Balaban J connectivity index is 2.30. The number of piperidine rings is 1. The third kappa shape index (κ3) is 4.63. The third-order valence-electron chi connectivity index (χ3n) is 3.87. The van der Waals surface area contributed by atoms with E-state index in [1.165, 1.54) is 25.9 Å². The highest BCUT2D eigenvalue weighted by molar-refractivity contribution is 5.01. The second-order valence-corrected chi connectivity index (χ2v) is 5.43. The van der Waals surface area contributed by atoms with Crippen molar-refractivity contribution in [3.63, 3.8) is 0 Å². The molecular weight excluding hydrogens is 212 g/mol. The lowest BCUT2D eigenvalue weighted by Gasteiger charge is -2.37. The number of nitrogens with zero attached hydrogens (tertiary/aromatic N) is 3. The summed E-state index contributed by atoms with van der Waals surface area (Å²) >= 11 is 0. The zero-order valence-electron chi connectivity index (χ0n) is 11.4. The van der Waals surface area contributed by atoms with Crippen molar-refractivity contribution in [1.82, 2.24) is 9.80 Å². The molecule has 0 bridgehead atoms. The van der Waals surface area contributed by atoms with Crippen LogP contribution in [-0.2, 0) is 0 Å². The van der Waals surface area contributed by atoms with Crippen molar-refractivity contribution < 1.29 is 0 Å². The van der Waals surface area contributed by atoms with Crippen LogP contribution in [0, 0.1) is 11.3 Å². The fourth-order valence-electron chi connectivity index (χ4n) is 2.32.